The highest BCUT2D eigenvalue weighted by Gasteiger charge is 2.07. The van der Waals surface area contributed by atoms with Crippen LogP contribution in [-0.2, 0) is 0 Å². The molecule has 0 spiro atoms. The quantitative estimate of drug-likeness (QED) is 0.822. The molecule has 0 fully saturated rings. The first kappa shape index (κ1) is 8.92. The number of hydrogen-bond donors (Lipinski definition) is 1. The SMILES string of the molecule is N#CCOc1c(Cl)ccc2cc[nH]c12. The van der Waals surface area contributed by atoms with Crippen LogP contribution < -0.4 is 4.74 Å². The third kappa shape index (κ3) is 1.40. The van der Waals surface area contributed by atoms with Crippen LogP contribution in [0.5, 0.6) is 5.75 Å². The van der Waals surface area contributed by atoms with Gasteiger partial charge in [0.2, 0.25) is 0 Å². The van der Waals surface area contributed by atoms with Gasteiger partial charge in [-0.25, -0.2) is 0 Å². The van der Waals surface area contributed by atoms with Crippen LogP contribution in [0.25, 0.3) is 10.9 Å². The number of rotatable bonds is 2. The number of benzene rings is 1. The van der Waals surface area contributed by atoms with Gasteiger partial charge in [0.15, 0.2) is 12.4 Å². The van der Waals surface area contributed by atoms with Crippen molar-refractivity contribution in [3.8, 4) is 11.8 Å². The average molecular weight is 207 g/mol. The summed E-state index contributed by atoms with van der Waals surface area (Å²) in [5, 5.41) is 9.94. The molecule has 2 aromatic rings. The lowest BCUT2D eigenvalue weighted by atomic mass is 10.2. The Bertz CT molecular complexity index is 498. The first-order valence-electron chi connectivity index (χ1n) is 4.08. The van der Waals surface area contributed by atoms with Crippen molar-refractivity contribution in [2.24, 2.45) is 0 Å². The van der Waals surface area contributed by atoms with Gasteiger partial charge in [-0.05, 0) is 12.1 Å². The molecular weight excluding hydrogens is 200 g/mol. The van der Waals surface area contributed by atoms with Gasteiger partial charge in [0.1, 0.15) is 6.07 Å². The number of aromatic amines is 1. The minimum absolute atomic E-state index is 0.00213. The van der Waals surface area contributed by atoms with E-state index < -0.39 is 0 Å². The number of nitriles is 1. The molecule has 1 N–H and O–H groups in total. The molecule has 4 heteroatoms. The molecule has 3 nitrogen and oxygen atoms in total. The van der Waals surface area contributed by atoms with Crippen LogP contribution in [0.1, 0.15) is 0 Å². The molecule has 0 bridgehead atoms. The number of ether oxygens (including phenoxy) is 1. The lowest BCUT2D eigenvalue weighted by Crippen LogP contribution is -1.94. The van der Waals surface area contributed by atoms with Crippen molar-refractivity contribution < 1.29 is 4.74 Å². The minimum Gasteiger partial charge on any atom is -0.475 e. The summed E-state index contributed by atoms with van der Waals surface area (Å²) in [5.74, 6) is 0.538. The highest BCUT2D eigenvalue weighted by Crippen LogP contribution is 2.32. The molecule has 1 heterocycles. The van der Waals surface area contributed by atoms with Crippen molar-refractivity contribution in [2.45, 2.75) is 0 Å². The Morgan fingerprint density at radius 1 is 1.43 bits per heavy atom. The average Bonchev–Trinajstić information content (AvgIpc) is 2.64. The minimum atomic E-state index is -0.00213. The molecule has 0 saturated carbocycles. The Labute approximate surface area is 85.9 Å². The fourth-order valence-corrected chi connectivity index (χ4v) is 1.53. The van der Waals surface area contributed by atoms with Gasteiger partial charge in [0.05, 0.1) is 10.5 Å². The Morgan fingerprint density at radius 2 is 2.29 bits per heavy atom. The number of fused-ring (bicyclic) bond motifs is 1. The van der Waals surface area contributed by atoms with Crippen molar-refractivity contribution in [1.82, 2.24) is 4.98 Å². The van der Waals surface area contributed by atoms with Crippen LogP contribution in [-0.4, -0.2) is 11.6 Å². The van der Waals surface area contributed by atoms with E-state index in [4.69, 9.17) is 21.6 Å². The maximum Gasteiger partial charge on any atom is 0.174 e. The monoisotopic (exact) mass is 206 g/mol. The maximum atomic E-state index is 8.41. The second-order valence-corrected chi connectivity index (χ2v) is 3.17. The van der Waals surface area contributed by atoms with E-state index in [0.717, 1.165) is 10.9 Å². The summed E-state index contributed by atoms with van der Waals surface area (Å²) in [6, 6.07) is 7.48. The van der Waals surface area contributed by atoms with Gasteiger partial charge in [-0.2, -0.15) is 5.26 Å². The molecule has 0 unspecified atom stereocenters. The molecular formula is C10H7ClN2O. The summed E-state index contributed by atoms with van der Waals surface area (Å²) in [7, 11) is 0. The molecule has 0 atom stereocenters. The van der Waals surface area contributed by atoms with E-state index >= 15 is 0 Å². The van der Waals surface area contributed by atoms with E-state index in [2.05, 4.69) is 4.98 Å². The first-order valence-corrected chi connectivity index (χ1v) is 4.46. The number of nitrogens with zero attached hydrogens (tertiary/aromatic N) is 1. The largest absolute Gasteiger partial charge is 0.475 e. The Hall–Kier alpha value is -1.66. The summed E-state index contributed by atoms with van der Waals surface area (Å²) >= 11 is 5.94. The summed E-state index contributed by atoms with van der Waals surface area (Å²) in [6.45, 7) is -0.00213. The summed E-state index contributed by atoms with van der Waals surface area (Å²) in [4.78, 5) is 3.02. The van der Waals surface area contributed by atoms with Crippen molar-refractivity contribution in [3.05, 3.63) is 29.4 Å². The molecule has 0 amide bonds. The normalized spacial score (nSPS) is 10.0. The zero-order valence-corrected chi connectivity index (χ0v) is 8.01. The van der Waals surface area contributed by atoms with Gasteiger partial charge in [0.25, 0.3) is 0 Å². The molecule has 1 aromatic heterocycles. The smallest absolute Gasteiger partial charge is 0.174 e. The second-order valence-electron chi connectivity index (χ2n) is 2.77. The fraction of sp³-hybridized carbons (Fsp3) is 0.100. The van der Waals surface area contributed by atoms with Crippen LogP contribution in [0.4, 0.5) is 0 Å². The lowest BCUT2D eigenvalue weighted by molar-refractivity contribution is 0.372. The highest BCUT2D eigenvalue weighted by atomic mass is 35.5. The standard InChI is InChI=1S/C10H7ClN2O/c11-8-2-1-7-3-5-13-9(7)10(8)14-6-4-12/h1-3,5,13H,6H2. The number of nitrogens with one attached hydrogen (secondary N) is 1. The van der Waals surface area contributed by atoms with Crippen LogP contribution in [0.2, 0.25) is 5.02 Å². The molecule has 14 heavy (non-hydrogen) atoms. The van der Waals surface area contributed by atoms with Crippen molar-refractivity contribution in [1.29, 1.82) is 5.26 Å². The predicted molar refractivity (Wildman–Crippen MR) is 54.4 cm³/mol. The van der Waals surface area contributed by atoms with E-state index in [1.807, 2.05) is 18.2 Å². The number of halogens is 1. The van der Waals surface area contributed by atoms with Crippen molar-refractivity contribution >= 4 is 22.5 Å². The summed E-state index contributed by atoms with van der Waals surface area (Å²) in [6.07, 6.45) is 1.81. The third-order valence-corrected chi connectivity index (χ3v) is 2.21. The van der Waals surface area contributed by atoms with Crippen LogP contribution in [0.15, 0.2) is 24.4 Å². The molecule has 0 aliphatic carbocycles. The van der Waals surface area contributed by atoms with E-state index in [1.54, 1.807) is 12.3 Å². The van der Waals surface area contributed by atoms with Crippen molar-refractivity contribution in [3.63, 3.8) is 0 Å². The zero-order valence-electron chi connectivity index (χ0n) is 7.25. The summed E-state index contributed by atoms with van der Waals surface area (Å²) < 4.78 is 5.23. The van der Waals surface area contributed by atoms with Crippen molar-refractivity contribution in [2.75, 3.05) is 6.61 Å². The Kier molecular flexibility index (Phi) is 2.30. The zero-order chi connectivity index (χ0) is 9.97. The second kappa shape index (κ2) is 3.60. The lowest BCUT2D eigenvalue weighted by Gasteiger charge is -2.05. The molecule has 70 valence electrons. The highest BCUT2D eigenvalue weighted by molar-refractivity contribution is 6.33. The van der Waals surface area contributed by atoms with Gasteiger partial charge >= 0.3 is 0 Å². The first-order chi connectivity index (χ1) is 6.83. The van der Waals surface area contributed by atoms with Gasteiger partial charge < -0.3 is 9.72 Å². The summed E-state index contributed by atoms with van der Waals surface area (Å²) in [5.41, 5.74) is 0.827. The van der Waals surface area contributed by atoms with Gasteiger partial charge in [0, 0.05) is 11.6 Å². The molecule has 0 radical (unpaired) electrons. The predicted octanol–water partition coefficient (Wildman–Crippen LogP) is 2.72. The molecule has 0 saturated heterocycles. The van der Waals surface area contributed by atoms with Crippen LogP contribution in [0.3, 0.4) is 0 Å². The molecule has 1 aromatic carbocycles. The van der Waals surface area contributed by atoms with E-state index in [-0.39, 0.29) is 6.61 Å². The molecule has 0 aliphatic rings. The van der Waals surface area contributed by atoms with E-state index in [1.165, 1.54) is 0 Å². The van der Waals surface area contributed by atoms with E-state index in [0.29, 0.717) is 10.8 Å². The van der Waals surface area contributed by atoms with Crippen LogP contribution >= 0.6 is 11.6 Å². The Balaban J connectivity index is 2.54. The van der Waals surface area contributed by atoms with Gasteiger partial charge in [-0.15, -0.1) is 0 Å². The number of H-pyrrole nitrogens is 1. The number of aromatic nitrogens is 1. The van der Waals surface area contributed by atoms with Gasteiger partial charge in [-0.3, -0.25) is 0 Å². The fourth-order valence-electron chi connectivity index (χ4n) is 1.32. The topological polar surface area (TPSA) is 48.8 Å². The van der Waals surface area contributed by atoms with Crippen LogP contribution in [0, 0.1) is 11.3 Å². The van der Waals surface area contributed by atoms with E-state index in [9.17, 15) is 0 Å². The Morgan fingerprint density at radius 3 is 3.07 bits per heavy atom. The van der Waals surface area contributed by atoms with Gasteiger partial charge in [-0.1, -0.05) is 17.7 Å². The molecule has 2 rings (SSSR count). The third-order valence-electron chi connectivity index (χ3n) is 1.91. The maximum absolute atomic E-state index is 8.41. The molecule has 0 aliphatic heterocycles. The number of hydrogen-bond acceptors (Lipinski definition) is 2.